The Morgan fingerprint density at radius 1 is 1.24 bits per heavy atom. The monoisotopic (exact) mass is 533 g/mol. The normalized spacial score (nSPS) is 20.9. The second-order valence-corrected chi connectivity index (χ2v) is 9.70. The highest BCUT2D eigenvalue weighted by Crippen LogP contribution is 2.36. The summed E-state index contributed by atoms with van der Waals surface area (Å²) in [4.78, 5) is 10.8. The van der Waals surface area contributed by atoms with E-state index in [-0.39, 0.29) is 35.5 Å². The van der Waals surface area contributed by atoms with E-state index in [1.54, 1.807) is 25.1 Å². The lowest BCUT2D eigenvalue weighted by molar-refractivity contribution is -0.0794. The molecule has 202 valence electrons. The molecule has 0 unspecified atom stereocenters. The van der Waals surface area contributed by atoms with Crippen molar-refractivity contribution in [3.8, 4) is 17.0 Å². The Morgan fingerprint density at radius 3 is 2.74 bits per heavy atom. The van der Waals surface area contributed by atoms with Crippen LogP contribution in [0.4, 0.5) is 23.5 Å². The first-order chi connectivity index (χ1) is 18.3. The molecule has 38 heavy (non-hydrogen) atoms. The van der Waals surface area contributed by atoms with Crippen molar-refractivity contribution < 1.29 is 27.0 Å². The molecule has 9 nitrogen and oxygen atoms in total. The van der Waals surface area contributed by atoms with Gasteiger partial charge in [-0.15, -0.1) is 5.10 Å². The van der Waals surface area contributed by atoms with Crippen molar-refractivity contribution in [1.29, 1.82) is 0 Å². The molecule has 1 N–H and O–H groups in total. The maximum Gasteiger partial charge on any atom is 0.256 e. The van der Waals surface area contributed by atoms with Crippen LogP contribution in [0.25, 0.3) is 27.7 Å². The van der Waals surface area contributed by atoms with E-state index in [1.807, 2.05) is 0 Å². The van der Waals surface area contributed by atoms with Crippen LogP contribution in [0.15, 0.2) is 24.4 Å². The zero-order valence-electron chi connectivity index (χ0n) is 20.9. The molecule has 1 aromatic carbocycles. The van der Waals surface area contributed by atoms with Crippen LogP contribution in [0.2, 0.25) is 0 Å². The number of imidazole rings is 1. The summed E-state index contributed by atoms with van der Waals surface area (Å²) >= 11 is 0. The van der Waals surface area contributed by atoms with Crippen LogP contribution in [-0.2, 0) is 11.3 Å². The second-order valence-electron chi connectivity index (χ2n) is 9.70. The average molecular weight is 534 g/mol. The molecule has 0 radical (unpaired) electrons. The molecule has 0 aliphatic carbocycles. The number of ether oxygens (including phenoxy) is 2. The number of halogens is 4. The first-order valence-electron chi connectivity index (χ1n) is 12.4. The van der Waals surface area contributed by atoms with Gasteiger partial charge in [0.15, 0.2) is 5.82 Å². The Morgan fingerprint density at radius 2 is 2.05 bits per heavy atom. The number of anilines is 1. The number of nitrogens with one attached hydrogen (secondary N) is 1. The predicted molar refractivity (Wildman–Crippen MR) is 132 cm³/mol. The Bertz CT molecular complexity index is 1490. The van der Waals surface area contributed by atoms with Crippen LogP contribution in [0.3, 0.4) is 0 Å². The number of rotatable bonds is 7. The van der Waals surface area contributed by atoms with Crippen molar-refractivity contribution >= 4 is 22.5 Å². The number of alkyl halides is 3. The number of hydrogen-bond donors (Lipinski definition) is 1. The minimum absolute atomic E-state index is 0.0956. The fourth-order valence-corrected chi connectivity index (χ4v) is 5.29. The van der Waals surface area contributed by atoms with Crippen molar-refractivity contribution in [2.24, 2.45) is 0 Å². The summed E-state index contributed by atoms with van der Waals surface area (Å²) in [6.45, 7) is 3.40. The lowest BCUT2D eigenvalue weighted by atomic mass is 10.0. The smallest absolute Gasteiger partial charge is 0.256 e. The Kier molecular flexibility index (Phi) is 6.34. The Labute approximate surface area is 215 Å². The number of benzene rings is 1. The SMILES string of the molecule is COc1nc(N[C@H]2CCN(C3COC3)C[C@H]2F)nn2cc(F)c(-c3ccc4nc(C)n(CC(F)F)c4c3)c12. The predicted octanol–water partition coefficient (Wildman–Crippen LogP) is 3.69. The summed E-state index contributed by atoms with van der Waals surface area (Å²) in [6, 6.07) is 4.71. The van der Waals surface area contributed by atoms with E-state index in [0.717, 1.165) is 6.54 Å². The van der Waals surface area contributed by atoms with Crippen LogP contribution in [-0.4, -0.2) is 87.1 Å². The molecule has 2 aliphatic rings. The van der Waals surface area contributed by atoms with E-state index in [4.69, 9.17) is 9.47 Å². The maximum atomic E-state index is 15.4. The van der Waals surface area contributed by atoms with Gasteiger partial charge in [0.1, 0.15) is 17.5 Å². The van der Waals surface area contributed by atoms with Gasteiger partial charge in [-0.3, -0.25) is 4.90 Å². The van der Waals surface area contributed by atoms with Crippen molar-refractivity contribution in [3.63, 3.8) is 0 Å². The van der Waals surface area contributed by atoms with Crippen LogP contribution < -0.4 is 10.1 Å². The number of fused-ring (bicyclic) bond motifs is 2. The van der Waals surface area contributed by atoms with Gasteiger partial charge in [-0.1, -0.05) is 6.07 Å². The van der Waals surface area contributed by atoms with Gasteiger partial charge in [0.2, 0.25) is 11.8 Å². The molecule has 0 amide bonds. The van der Waals surface area contributed by atoms with Crippen LogP contribution >= 0.6 is 0 Å². The second kappa shape index (κ2) is 9.70. The summed E-state index contributed by atoms with van der Waals surface area (Å²) in [5.74, 6) is 0.0581. The molecular weight excluding hydrogens is 506 g/mol. The summed E-state index contributed by atoms with van der Waals surface area (Å²) < 4.78 is 70.1. The number of likely N-dealkylation sites (tertiary alicyclic amines) is 1. The summed E-state index contributed by atoms with van der Waals surface area (Å²) in [5, 5.41) is 7.43. The summed E-state index contributed by atoms with van der Waals surface area (Å²) in [7, 11) is 1.40. The molecule has 6 rings (SSSR count). The summed E-state index contributed by atoms with van der Waals surface area (Å²) in [6.07, 6.45) is -1.96. The molecule has 0 bridgehead atoms. The van der Waals surface area contributed by atoms with E-state index < -0.39 is 31.0 Å². The third kappa shape index (κ3) is 4.33. The Balaban J connectivity index is 1.33. The molecule has 2 atom stereocenters. The first-order valence-corrected chi connectivity index (χ1v) is 12.4. The highest BCUT2D eigenvalue weighted by atomic mass is 19.3. The third-order valence-electron chi connectivity index (χ3n) is 7.32. The van der Waals surface area contributed by atoms with Gasteiger partial charge in [-0.05, 0) is 31.0 Å². The molecule has 13 heteroatoms. The van der Waals surface area contributed by atoms with Gasteiger partial charge in [-0.2, -0.15) is 4.98 Å². The molecule has 2 aliphatic heterocycles. The van der Waals surface area contributed by atoms with Gasteiger partial charge >= 0.3 is 0 Å². The highest BCUT2D eigenvalue weighted by molar-refractivity contribution is 5.90. The summed E-state index contributed by atoms with van der Waals surface area (Å²) in [5.41, 5.74) is 1.86. The molecule has 5 heterocycles. The topological polar surface area (TPSA) is 81.7 Å². The fraction of sp³-hybridized carbons (Fsp3) is 0.480. The lowest BCUT2D eigenvalue weighted by Crippen LogP contribution is -2.57. The molecule has 0 spiro atoms. The van der Waals surface area contributed by atoms with E-state index in [1.165, 1.54) is 22.4 Å². The minimum Gasteiger partial charge on any atom is -0.479 e. The molecule has 3 aromatic heterocycles. The largest absolute Gasteiger partial charge is 0.479 e. The van der Waals surface area contributed by atoms with Crippen molar-refractivity contribution in [2.75, 3.05) is 38.7 Å². The fourth-order valence-electron chi connectivity index (χ4n) is 5.29. The van der Waals surface area contributed by atoms with Gasteiger partial charge in [0, 0.05) is 13.1 Å². The molecule has 2 saturated heterocycles. The van der Waals surface area contributed by atoms with Crippen LogP contribution in [0.5, 0.6) is 5.88 Å². The lowest BCUT2D eigenvalue weighted by Gasteiger charge is -2.42. The highest BCUT2D eigenvalue weighted by Gasteiger charge is 2.36. The molecule has 0 saturated carbocycles. The first kappa shape index (κ1) is 24.9. The number of methoxy groups -OCH3 is 1. The zero-order valence-corrected chi connectivity index (χ0v) is 20.9. The third-order valence-corrected chi connectivity index (χ3v) is 7.32. The standard InChI is InChI=1S/C25H27F4N7O2/c1-13-30-19-4-3-14(7-20(19)35(13)10-21(28)29)22-17(27)9-36-23(22)24(37-2)32-25(33-36)31-18-5-6-34(8-16(18)26)15-11-38-12-15/h3-4,7,9,15-16,18,21H,5-6,8,10-12H2,1-2H3,(H,31,33)/t16-,18+/m1/s1. The van der Waals surface area contributed by atoms with Crippen LogP contribution in [0, 0.1) is 12.7 Å². The van der Waals surface area contributed by atoms with E-state index in [0.29, 0.717) is 42.1 Å². The number of aryl methyl sites for hydroxylation is 1. The average Bonchev–Trinajstić information content (AvgIpc) is 3.33. The van der Waals surface area contributed by atoms with Gasteiger partial charge in [0.05, 0.1) is 61.7 Å². The number of piperidine rings is 1. The number of aromatic nitrogens is 5. The molecule has 4 aromatic rings. The van der Waals surface area contributed by atoms with Crippen molar-refractivity contribution in [1.82, 2.24) is 29.0 Å². The van der Waals surface area contributed by atoms with Crippen molar-refractivity contribution in [3.05, 3.63) is 36.0 Å². The molecular formula is C25H27F4N7O2. The molecule has 2 fully saturated rings. The van der Waals surface area contributed by atoms with Gasteiger partial charge < -0.3 is 19.4 Å². The zero-order chi connectivity index (χ0) is 26.6. The number of hydrogen-bond acceptors (Lipinski definition) is 7. The van der Waals surface area contributed by atoms with Gasteiger partial charge in [0.25, 0.3) is 6.43 Å². The van der Waals surface area contributed by atoms with E-state index in [2.05, 4.69) is 25.3 Å². The van der Waals surface area contributed by atoms with Gasteiger partial charge in [-0.25, -0.2) is 27.1 Å². The Hall–Kier alpha value is -3.45. The van der Waals surface area contributed by atoms with E-state index >= 15 is 4.39 Å². The van der Waals surface area contributed by atoms with Crippen LogP contribution in [0.1, 0.15) is 12.2 Å². The maximum absolute atomic E-state index is 15.4. The quantitative estimate of drug-likeness (QED) is 0.363. The minimum atomic E-state index is -2.57. The van der Waals surface area contributed by atoms with Crippen molar-refractivity contribution in [2.45, 2.75) is 44.6 Å². The van der Waals surface area contributed by atoms with E-state index in [9.17, 15) is 13.2 Å². The number of nitrogens with zero attached hydrogens (tertiary/aromatic N) is 6.